The van der Waals surface area contributed by atoms with Gasteiger partial charge in [0, 0.05) is 56.9 Å². The minimum atomic E-state index is -0.183. The number of halogens is 2. The summed E-state index contributed by atoms with van der Waals surface area (Å²) in [5, 5.41) is 16.9. The van der Waals surface area contributed by atoms with E-state index in [1.807, 2.05) is 54.6 Å². The Morgan fingerprint density at radius 1 is 0.216 bits per heavy atom. The standard InChI is InChI=1S/C24H19N.C18H23NO.C18H15N.C16H17F2N.C13H13N/c1-3-9-19(10-4-1)21-13-7-15-23(17-21)25-24-16-8-14-22(18-24)20-11-5-2-6-12-20;1-11-7-16(8-12(2)15(11)5)19-17-9-13(3)18(20-6)14(4)10-17;1-3-7-15(8-4-1)16-11-13-18(14-12-16)19-17-9-5-2-6-10-17;1-9-5-13(6-10(2)15(9)17)19-14-7-11(3)16(18)12(4)8-14;1-11-7-9-13(10-8-11)14-12-5-3-2-4-6-12/h1-18,25H;7-10,19H,1-6H3;1-14,19H;5-8,19H,1-4H3;2-10,14H,1H3. The van der Waals surface area contributed by atoms with Crippen molar-refractivity contribution in [2.45, 2.75) is 69.2 Å². The van der Waals surface area contributed by atoms with Crippen LogP contribution in [-0.2, 0) is 0 Å². The molecule has 5 N–H and O–H groups in total. The van der Waals surface area contributed by atoms with Crippen LogP contribution in [0.25, 0.3) is 33.4 Å². The fraction of sp³-hybridized carbons (Fsp3) is 0.124. The maximum absolute atomic E-state index is 13.6. The van der Waals surface area contributed by atoms with Crippen LogP contribution in [0.4, 0.5) is 65.7 Å². The lowest BCUT2D eigenvalue weighted by Gasteiger charge is -2.15. The molecule has 13 aromatic rings. The predicted octanol–water partition coefficient (Wildman–Crippen LogP) is 25.5. The average molecular weight is 1280 g/mol. The van der Waals surface area contributed by atoms with Crippen LogP contribution in [0.15, 0.2) is 297 Å². The van der Waals surface area contributed by atoms with Crippen molar-refractivity contribution in [1.29, 1.82) is 0 Å². The number of rotatable bonds is 14. The van der Waals surface area contributed by atoms with Gasteiger partial charge < -0.3 is 31.3 Å². The normalized spacial score (nSPS) is 10.3. The summed E-state index contributed by atoms with van der Waals surface area (Å²) in [6.07, 6.45) is 0. The zero-order chi connectivity index (χ0) is 68.6. The predicted molar refractivity (Wildman–Crippen MR) is 411 cm³/mol. The molecule has 8 heteroatoms. The maximum atomic E-state index is 13.6. The van der Waals surface area contributed by atoms with Crippen molar-refractivity contribution in [2.75, 3.05) is 33.7 Å². The average Bonchev–Trinajstić information content (AvgIpc) is 1.59. The van der Waals surface area contributed by atoms with Gasteiger partial charge in [-0.1, -0.05) is 181 Å². The monoisotopic (exact) mass is 1280 g/mol. The Kier molecular flexibility index (Phi) is 24.9. The van der Waals surface area contributed by atoms with Crippen LogP contribution in [0.5, 0.6) is 5.75 Å². The smallest absolute Gasteiger partial charge is 0.129 e. The van der Waals surface area contributed by atoms with Gasteiger partial charge in [-0.2, -0.15) is 0 Å². The first kappa shape index (κ1) is 69.9. The second kappa shape index (κ2) is 34.6. The number of aryl methyl sites for hydroxylation is 9. The summed E-state index contributed by atoms with van der Waals surface area (Å²) in [4.78, 5) is 0. The van der Waals surface area contributed by atoms with E-state index in [-0.39, 0.29) is 11.6 Å². The van der Waals surface area contributed by atoms with Gasteiger partial charge in [0.1, 0.15) is 17.4 Å². The van der Waals surface area contributed by atoms with Crippen LogP contribution in [0, 0.1) is 80.9 Å². The molecular formula is C89H87F2N5O. The Morgan fingerprint density at radius 2 is 0.464 bits per heavy atom. The van der Waals surface area contributed by atoms with Gasteiger partial charge in [-0.15, -0.1) is 0 Å². The van der Waals surface area contributed by atoms with E-state index in [4.69, 9.17) is 4.74 Å². The zero-order valence-corrected chi connectivity index (χ0v) is 57.5. The molecule has 6 nitrogen and oxygen atoms in total. The summed E-state index contributed by atoms with van der Waals surface area (Å²) in [5.41, 5.74) is 27.8. The van der Waals surface area contributed by atoms with Gasteiger partial charge in [-0.05, 0) is 274 Å². The van der Waals surface area contributed by atoms with Crippen LogP contribution < -0.4 is 31.3 Å². The third kappa shape index (κ3) is 20.8. The number of hydrogen-bond acceptors (Lipinski definition) is 6. The summed E-state index contributed by atoms with van der Waals surface area (Å²) >= 11 is 0. The van der Waals surface area contributed by atoms with Crippen molar-refractivity contribution < 1.29 is 13.5 Å². The molecule has 97 heavy (non-hydrogen) atoms. The number of ether oxygens (including phenoxy) is 1. The topological polar surface area (TPSA) is 69.4 Å². The molecule has 13 aromatic carbocycles. The summed E-state index contributed by atoms with van der Waals surface area (Å²) in [5.74, 6) is 0.598. The molecule has 13 rings (SSSR count). The largest absolute Gasteiger partial charge is 0.496 e. The second-order valence-electron chi connectivity index (χ2n) is 24.3. The molecule has 0 amide bonds. The molecule has 0 saturated carbocycles. The molecule has 0 aliphatic heterocycles. The third-order valence-electron chi connectivity index (χ3n) is 16.4. The third-order valence-corrected chi connectivity index (χ3v) is 16.4. The highest BCUT2D eigenvalue weighted by molar-refractivity contribution is 5.75. The molecule has 0 unspecified atom stereocenters. The number of anilines is 10. The zero-order valence-electron chi connectivity index (χ0n) is 57.5. The molecule has 0 saturated heterocycles. The minimum absolute atomic E-state index is 0.183. The van der Waals surface area contributed by atoms with E-state index in [9.17, 15) is 8.78 Å². The van der Waals surface area contributed by atoms with Crippen LogP contribution in [0.1, 0.15) is 55.6 Å². The fourth-order valence-electron chi connectivity index (χ4n) is 11.2. The Bertz CT molecular complexity index is 4390. The number of para-hydroxylation sites is 2. The fourth-order valence-corrected chi connectivity index (χ4v) is 11.2. The number of methoxy groups -OCH3 is 1. The SMILES string of the molecule is COc1c(C)cc(Nc2cc(C)c(C)c(C)c2)cc1C.Cc1cc(Nc2cc(C)c(F)c(C)c2)cc(C)c1F.Cc1ccc(Nc2ccccc2)cc1.c1ccc(-c2cccc(Nc3cccc(-c4ccccc4)c3)c2)cc1.c1ccc(Nc2ccc(-c3ccccc3)cc2)cc1. The lowest BCUT2D eigenvalue weighted by Crippen LogP contribution is -1.97. The van der Waals surface area contributed by atoms with Gasteiger partial charge in [-0.3, -0.25) is 0 Å². The molecule has 0 aromatic heterocycles. The van der Waals surface area contributed by atoms with E-state index in [1.54, 1.807) is 59.1 Å². The number of benzene rings is 13. The van der Waals surface area contributed by atoms with Crippen molar-refractivity contribution in [3.05, 3.63) is 365 Å². The summed E-state index contributed by atoms with van der Waals surface area (Å²) in [6, 6.07) is 101. The molecule has 0 aliphatic carbocycles. The number of nitrogens with one attached hydrogen (secondary N) is 5. The van der Waals surface area contributed by atoms with E-state index in [0.29, 0.717) is 22.3 Å². The van der Waals surface area contributed by atoms with E-state index >= 15 is 0 Å². The van der Waals surface area contributed by atoms with Crippen molar-refractivity contribution in [3.63, 3.8) is 0 Å². The Balaban J connectivity index is 0.000000144. The first-order chi connectivity index (χ1) is 46.9. The van der Waals surface area contributed by atoms with Gasteiger partial charge in [0.15, 0.2) is 0 Å². The molecule has 0 bridgehead atoms. The first-order valence-electron chi connectivity index (χ1n) is 32.7. The highest BCUT2D eigenvalue weighted by Crippen LogP contribution is 2.32. The van der Waals surface area contributed by atoms with Gasteiger partial charge >= 0.3 is 0 Å². The summed E-state index contributed by atoms with van der Waals surface area (Å²) in [6.45, 7) is 19.6. The Hall–Kier alpha value is -11.5. The van der Waals surface area contributed by atoms with Crippen molar-refractivity contribution in [3.8, 4) is 39.1 Å². The van der Waals surface area contributed by atoms with Gasteiger partial charge in [0.05, 0.1) is 7.11 Å². The minimum Gasteiger partial charge on any atom is -0.496 e. The molecule has 0 atom stereocenters. The highest BCUT2D eigenvalue weighted by Gasteiger charge is 2.10. The Labute approximate surface area is 573 Å². The lowest BCUT2D eigenvalue weighted by atomic mass is 10.0. The highest BCUT2D eigenvalue weighted by atomic mass is 19.1. The van der Waals surface area contributed by atoms with Crippen molar-refractivity contribution in [1.82, 2.24) is 0 Å². The van der Waals surface area contributed by atoms with Gasteiger partial charge in [0.25, 0.3) is 0 Å². The lowest BCUT2D eigenvalue weighted by molar-refractivity contribution is 0.408. The molecule has 0 spiro atoms. The van der Waals surface area contributed by atoms with Crippen LogP contribution >= 0.6 is 0 Å². The van der Waals surface area contributed by atoms with E-state index in [0.717, 1.165) is 73.8 Å². The van der Waals surface area contributed by atoms with Crippen molar-refractivity contribution in [2.24, 2.45) is 0 Å². The summed E-state index contributed by atoms with van der Waals surface area (Å²) < 4.78 is 32.5. The molecular weight excluding hydrogens is 1190 g/mol. The first-order valence-corrected chi connectivity index (χ1v) is 32.7. The van der Waals surface area contributed by atoms with E-state index in [1.165, 1.54) is 55.6 Å². The number of hydrogen-bond donors (Lipinski definition) is 5. The van der Waals surface area contributed by atoms with Crippen LogP contribution in [-0.4, -0.2) is 7.11 Å². The van der Waals surface area contributed by atoms with Crippen molar-refractivity contribution >= 4 is 56.9 Å². The maximum Gasteiger partial charge on any atom is 0.129 e. The summed E-state index contributed by atoms with van der Waals surface area (Å²) in [7, 11) is 1.72. The Morgan fingerprint density at radius 3 is 0.814 bits per heavy atom. The van der Waals surface area contributed by atoms with E-state index < -0.39 is 0 Å². The molecule has 0 radical (unpaired) electrons. The second-order valence-corrected chi connectivity index (χ2v) is 24.3. The molecule has 0 heterocycles. The quantitative estimate of drug-likeness (QED) is 0.0748. The molecule has 0 fully saturated rings. The van der Waals surface area contributed by atoms with Gasteiger partial charge in [-0.25, -0.2) is 8.78 Å². The van der Waals surface area contributed by atoms with Crippen LogP contribution in [0.3, 0.4) is 0 Å². The van der Waals surface area contributed by atoms with E-state index in [2.05, 4.69) is 287 Å². The molecule has 488 valence electrons. The van der Waals surface area contributed by atoms with Gasteiger partial charge in [0.2, 0.25) is 0 Å². The van der Waals surface area contributed by atoms with Crippen LogP contribution in [0.2, 0.25) is 0 Å². The molecule has 0 aliphatic rings.